The number of nitrogens with one attached hydrogen (secondary N) is 1. The van der Waals surface area contributed by atoms with Crippen molar-refractivity contribution in [3.63, 3.8) is 0 Å². The van der Waals surface area contributed by atoms with Crippen LogP contribution in [0.5, 0.6) is 5.75 Å². The number of methoxy groups -OCH3 is 1. The largest absolute Gasteiger partial charge is 0.496 e. The molecule has 5 heteroatoms. The molecule has 3 aromatic rings. The van der Waals surface area contributed by atoms with Gasteiger partial charge < -0.3 is 15.2 Å². The molecule has 0 aliphatic heterocycles. The normalized spacial score (nSPS) is 12.0. The molecule has 0 aromatic heterocycles. The molecule has 0 fully saturated rings. The Morgan fingerprint density at radius 3 is 2.64 bits per heavy atom. The smallest absolute Gasteiger partial charge is 0.255 e. The van der Waals surface area contributed by atoms with Gasteiger partial charge in [0.1, 0.15) is 11.6 Å². The van der Waals surface area contributed by atoms with Gasteiger partial charge in [-0.2, -0.15) is 0 Å². The van der Waals surface area contributed by atoms with E-state index in [0.29, 0.717) is 5.56 Å². The van der Waals surface area contributed by atoms with Crippen molar-refractivity contribution in [2.45, 2.75) is 6.10 Å². The van der Waals surface area contributed by atoms with Crippen LogP contribution in [0.4, 0.5) is 4.39 Å². The van der Waals surface area contributed by atoms with Gasteiger partial charge in [0.05, 0.1) is 18.8 Å². The first kappa shape index (κ1) is 16.9. The van der Waals surface area contributed by atoms with Crippen LogP contribution in [0.15, 0.2) is 60.7 Å². The number of carbonyl (C=O) groups is 1. The van der Waals surface area contributed by atoms with Crippen molar-refractivity contribution in [3.05, 3.63) is 77.6 Å². The van der Waals surface area contributed by atoms with Crippen LogP contribution in [0, 0.1) is 5.82 Å². The molecule has 3 aromatic carbocycles. The molecule has 2 N–H and O–H groups in total. The van der Waals surface area contributed by atoms with E-state index in [0.717, 1.165) is 16.8 Å². The number of rotatable bonds is 5. The van der Waals surface area contributed by atoms with Gasteiger partial charge in [-0.05, 0) is 40.6 Å². The third-order valence-corrected chi connectivity index (χ3v) is 4.02. The van der Waals surface area contributed by atoms with E-state index in [2.05, 4.69) is 5.32 Å². The summed E-state index contributed by atoms with van der Waals surface area (Å²) in [5.74, 6) is -0.753. The van der Waals surface area contributed by atoms with Gasteiger partial charge in [0.15, 0.2) is 0 Å². The summed E-state index contributed by atoms with van der Waals surface area (Å²) < 4.78 is 18.4. The minimum absolute atomic E-state index is 0.0108. The predicted molar refractivity (Wildman–Crippen MR) is 94.2 cm³/mol. The molecule has 1 amide bonds. The summed E-state index contributed by atoms with van der Waals surface area (Å²) in [6, 6.07) is 17.2. The van der Waals surface area contributed by atoms with Crippen molar-refractivity contribution in [1.29, 1.82) is 0 Å². The fraction of sp³-hybridized carbons (Fsp3) is 0.150. The first-order chi connectivity index (χ1) is 12.1. The lowest BCUT2D eigenvalue weighted by Crippen LogP contribution is -2.28. The minimum Gasteiger partial charge on any atom is -0.496 e. The molecule has 25 heavy (non-hydrogen) atoms. The van der Waals surface area contributed by atoms with Crippen LogP contribution in [0.2, 0.25) is 0 Å². The maximum atomic E-state index is 13.4. The second-order valence-electron chi connectivity index (χ2n) is 5.68. The first-order valence-electron chi connectivity index (χ1n) is 7.87. The van der Waals surface area contributed by atoms with E-state index in [9.17, 15) is 14.3 Å². The van der Waals surface area contributed by atoms with E-state index in [4.69, 9.17) is 4.74 Å². The lowest BCUT2D eigenvalue weighted by atomic mass is 10.0. The number of benzene rings is 3. The van der Waals surface area contributed by atoms with Crippen molar-refractivity contribution in [2.75, 3.05) is 13.7 Å². The Balaban J connectivity index is 1.71. The SMILES string of the molecule is COc1ccc(F)cc1C(=O)NCC(O)c1ccc2ccccc2c1. The van der Waals surface area contributed by atoms with Crippen LogP contribution in [0.25, 0.3) is 10.8 Å². The minimum atomic E-state index is -0.867. The number of amides is 1. The molecule has 128 valence electrons. The third-order valence-electron chi connectivity index (χ3n) is 4.02. The van der Waals surface area contributed by atoms with Gasteiger partial charge in [-0.3, -0.25) is 4.79 Å². The zero-order valence-corrected chi connectivity index (χ0v) is 13.7. The fourth-order valence-corrected chi connectivity index (χ4v) is 2.68. The number of halogens is 1. The van der Waals surface area contributed by atoms with Crippen LogP contribution in [-0.2, 0) is 0 Å². The number of hydrogen-bond donors (Lipinski definition) is 2. The molecule has 0 spiro atoms. The van der Waals surface area contributed by atoms with Crippen LogP contribution in [0.1, 0.15) is 22.0 Å². The van der Waals surface area contributed by atoms with Crippen molar-refractivity contribution in [3.8, 4) is 5.75 Å². The average molecular weight is 339 g/mol. The summed E-state index contributed by atoms with van der Waals surface area (Å²) in [6.07, 6.45) is -0.867. The molecule has 4 nitrogen and oxygen atoms in total. The maximum Gasteiger partial charge on any atom is 0.255 e. The molecule has 0 aliphatic carbocycles. The Labute approximate surface area is 144 Å². The monoisotopic (exact) mass is 339 g/mol. The lowest BCUT2D eigenvalue weighted by molar-refractivity contribution is 0.0913. The van der Waals surface area contributed by atoms with Gasteiger partial charge in [0, 0.05) is 6.54 Å². The molecule has 3 rings (SSSR count). The number of aliphatic hydroxyl groups is 1. The Hall–Kier alpha value is -2.92. The summed E-state index contributed by atoms with van der Waals surface area (Å²) in [6.45, 7) is 0.0108. The zero-order chi connectivity index (χ0) is 17.8. The van der Waals surface area contributed by atoms with E-state index in [1.165, 1.54) is 19.2 Å². The number of ether oxygens (including phenoxy) is 1. The second-order valence-corrected chi connectivity index (χ2v) is 5.68. The first-order valence-corrected chi connectivity index (χ1v) is 7.87. The Morgan fingerprint density at radius 2 is 1.88 bits per heavy atom. The number of aliphatic hydroxyl groups excluding tert-OH is 1. The highest BCUT2D eigenvalue weighted by atomic mass is 19.1. The topological polar surface area (TPSA) is 58.6 Å². The molecule has 0 saturated carbocycles. The van der Waals surface area contributed by atoms with Crippen LogP contribution in [0.3, 0.4) is 0 Å². The quantitative estimate of drug-likeness (QED) is 0.748. The fourth-order valence-electron chi connectivity index (χ4n) is 2.68. The standard InChI is InChI=1S/C20H18FNO3/c1-25-19-9-8-16(21)11-17(19)20(24)22-12-18(23)15-7-6-13-4-2-3-5-14(13)10-15/h2-11,18,23H,12H2,1H3,(H,22,24). The Morgan fingerprint density at radius 1 is 1.12 bits per heavy atom. The summed E-state index contributed by atoms with van der Waals surface area (Å²) >= 11 is 0. The van der Waals surface area contributed by atoms with Crippen LogP contribution >= 0.6 is 0 Å². The predicted octanol–water partition coefficient (Wildman–Crippen LogP) is 3.45. The Bertz CT molecular complexity index is 910. The van der Waals surface area contributed by atoms with Crippen molar-refractivity contribution >= 4 is 16.7 Å². The van der Waals surface area contributed by atoms with Crippen molar-refractivity contribution < 1.29 is 19.0 Å². The molecule has 1 atom stereocenters. The van der Waals surface area contributed by atoms with Gasteiger partial charge in [-0.15, -0.1) is 0 Å². The third kappa shape index (κ3) is 3.78. The summed E-state index contributed by atoms with van der Waals surface area (Å²) in [5, 5.41) is 15.0. The molecular formula is C20H18FNO3. The van der Waals surface area contributed by atoms with E-state index < -0.39 is 17.8 Å². The van der Waals surface area contributed by atoms with Gasteiger partial charge in [-0.1, -0.05) is 36.4 Å². The lowest BCUT2D eigenvalue weighted by Gasteiger charge is -2.14. The molecule has 0 radical (unpaired) electrons. The highest BCUT2D eigenvalue weighted by Gasteiger charge is 2.15. The average Bonchev–Trinajstić information content (AvgIpc) is 2.65. The summed E-state index contributed by atoms with van der Waals surface area (Å²) in [4.78, 5) is 12.3. The van der Waals surface area contributed by atoms with Gasteiger partial charge >= 0.3 is 0 Å². The molecule has 0 bridgehead atoms. The van der Waals surface area contributed by atoms with Crippen molar-refractivity contribution in [1.82, 2.24) is 5.32 Å². The van der Waals surface area contributed by atoms with E-state index >= 15 is 0 Å². The van der Waals surface area contributed by atoms with Crippen molar-refractivity contribution in [2.24, 2.45) is 0 Å². The highest BCUT2D eigenvalue weighted by Crippen LogP contribution is 2.21. The van der Waals surface area contributed by atoms with E-state index in [1.807, 2.05) is 42.5 Å². The van der Waals surface area contributed by atoms with Gasteiger partial charge in [0.2, 0.25) is 0 Å². The van der Waals surface area contributed by atoms with E-state index in [1.54, 1.807) is 0 Å². The summed E-state index contributed by atoms with van der Waals surface area (Å²) in [5.41, 5.74) is 0.790. The number of hydrogen-bond acceptors (Lipinski definition) is 3. The van der Waals surface area contributed by atoms with Gasteiger partial charge in [-0.25, -0.2) is 4.39 Å². The van der Waals surface area contributed by atoms with E-state index in [-0.39, 0.29) is 17.9 Å². The summed E-state index contributed by atoms with van der Waals surface area (Å²) in [7, 11) is 1.41. The molecule has 0 heterocycles. The molecule has 1 unspecified atom stereocenters. The maximum absolute atomic E-state index is 13.4. The van der Waals surface area contributed by atoms with Crippen LogP contribution in [-0.4, -0.2) is 24.7 Å². The second kappa shape index (κ2) is 7.32. The number of carbonyl (C=O) groups excluding carboxylic acids is 1. The zero-order valence-electron chi connectivity index (χ0n) is 13.7. The van der Waals surface area contributed by atoms with Crippen LogP contribution < -0.4 is 10.1 Å². The molecule has 0 saturated heterocycles. The highest BCUT2D eigenvalue weighted by molar-refractivity contribution is 5.97. The number of fused-ring (bicyclic) bond motifs is 1. The Kier molecular flexibility index (Phi) is 4.95. The molecule has 0 aliphatic rings. The molecular weight excluding hydrogens is 321 g/mol. The van der Waals surface area contributed by atoms with Gasteiger partial charge in [0.25, 0.3) is 5.91 Å².